The lowest BCUT2D eigenvalue weighted by atomic mass is 9.93. The van der Waals surface area contributed by atoms with Gasteiger partial charge in [-0.25, -0.2) is 10.3 Å². The molecule has 0 spiro atoms. The van der Waals surface area contributed by atoms with Crippen molar-refractivity contribution in [2.75, 3.05) is 18.5 Å². The number of allylic oxidation sites excluding steroid dienone is 1. The first-order valence-electron chi connectivity index (χ1n) is 11.4. The van der Waals surface area contributed by atoms with Crippen molar-refractivity contribution in [3.63, 3.8) is 0 Å². The summed E-state index contributed by atoms with van der Waals surface area (Å²) in [7, 11) is 0. The van der Waals surface area contributed by atoms with Crippen LogP contribution >= 0.6 is 0 Å². The second-order valence-electron chi connectivity index (χ2n) is 8.05. The van der Waals surface area contributed by atoms with Crippen molar-refractivity contribution in [2.45, 2.75) is 25.9 Å². The number of carbonyl (C=O) groups is 2. The van der Waals surface area contributed by atoms with E-state index < -0.39 is 18.1 Å². The van der Waals surface area contributed by atoms with Crippen molar-refractivity contribution in [1.29, 1.82) is 0 Å². The highest BCUT2D eigenvalue weighted by Gasteiger charge is 2.24. The molecule has 4 N–H and O–H groups in total. The SMILES string of the molecule is C[C@@H](CC/C=C/C(=O)NO)[C@@H](OC(=O)Nc1cccc2ccccc12)c1ccc(OCCO)cc1. The van der Waals surface area contributed by atoms with Gasteiger partial charge in [0.15, 0.2) is 0 Å². The molecule has 8 nitrogen and oxygen atoms in total. The normalized spacial score (nSPS) is 12.8. The molecule has 3 aromatic rings. The largest absolute Gasteiger partial charge is 0.491 e. The number of benzene rings is 3. The van der Waals surface area contributed by atoms with E-state index in [2.05, 4.69) is 5.32 Å². The van der Waals surface area contributed by atoms with E-state index in [0.717, 1.165) is 16.3 Å². The number of nitrogens with one attached hydrogen (secondary N) is 2. The Bertz CT molecular complexity index is 1140. The number of fused-ring (bicyclic) bond motifs is 1. The molecule has 0 heterocycles. The van der Waals surface area contributed by atoms with Crippen LogP contribution in [0.3, 0.4) is 0 Å². The number of hydrogen-bond donors (Lipinski definition) is 4. The predicted molar refractivity (Wildman–Crippen MR) is 133 cm³/mol. The first-order chi connectivity index (χ1) is 17.0. The number of ether oxygens (including phenoxy) is 2. The van der Waals surface area contributed by atoms with Gasteiger partial charge in [-0.2, -0.15) is 0 Å². The standard InChI is InChI=1S/C27H30N2O6/c1-19(7-2-5-12-25(31)29-33)26(21-13-15-22(16-14-21)34-18-17-30)35-27(32)28-24-11-6-9-20-8-3-4-10-23(20)24/h3-6,8-16,19,26,30,33H,2,7,17-18H2,1H3,(H,28,32)(H,29,31)/b12-5+/t19-,26+/m0/s1. The Morgan fingerprint density at radius 2 is 1.77 bits per heavy atom. The number of rotatable bonds is 11. The number of hydrogen-bond acceptors (Lipinski definition) is 6. The first-order valence-corrected chi connectivity index (χ1v) is 11.4. The zero-order valence-corrected chi connectivity index (χ0v) is 19.5. The van der Waals surface area contributed by atoms with Gasteiger partial charge in [-0.1, -0.05) is 61.5 Å². The van der Waals surface area contributed by atoms with E-state index in [1.54, 1.807) is 23.7 Å². The molecule has 0 aliphatic carbocycles. The van der Waals surface area contributed by atoms with E-state index in [-0.39, 0.29) is 19.1 Å². The van der Waals surface area contributed by atoms with E-state index in [4.69, 9.17) is 19.8 Å². The van der Waals surface area contributed by atoms with Gasteiger partial charge in [0.05, 0.1) is 12.3 Å². The molecule has 35 heavy (non-hydrogen) atoms. The summed E-state index contributed by atoms with van der Waals surface area (Å²) in [4.78, 5) is 24.1. The van der Waals surface area contributed by atoms with Crippen LogP contribution in [0.4, 0.5) is 10.5 Å². The van der Waals surface area contributed by atoms with Crippen LogP contribution in [0.5, 0.6) is 5.75 Å². The average molecular weight is 479 g/mol. The fourth-order valence-corrected chi connectivity index (χ4v) is 3.76. The fraction of sp³-hybridized carbons (Fsp3) is 0.259. The molecule has 0 radical (unpaired) electrons. The summed E-state index contributed by atoms with van der Waals surface area (Å²) in [5.41, 5.74) is 3.00. The highest BCUT2D eigenvalue weighted by Crippen LogP contribution is 2.32. The zero-order valence-electron chi connectivity index (χ0n) is 19.5. The van der Waals surface area contributed by atoms with Crippen LogP contribution in [0, 0.1) is 5.92 Å². The van der Waals surface area contributed by atoms with Gasteiger partial charge in [0.1, 0.15) is 18.5 Å². The highest BCUT2D eigenvalue weighted by molar-refractivity contribution is 6.00. The third-order valence-corrected chi connectivity index (χ3v) is 5.51. The first kappa shape index (κ1) is 25.7. The number of aliphatic hydroxyl groups is 1. The Morgan fingerprint density at radius 1 is 1.03 bits per heavy atom. The van der Waals surface area contributed by atoms with Crippen molar-refractivity contribution in [3.05, 3.63) is 84.4 Å². The molecular formula is C27H30N2O6. The van der Waals surface area contributed by atoms with Crippen LogP contribution in [0.15, 0.2) is 78.9 Å². The summed E-state index contributed by atoms with van der Waals surface area (Å²) < 4.78 is 11.3. The maximum Gasteiger partial charge on any atom is 0.412 e. The number of hydroxylamine groups is 1. The minimum absolute atomic E-state index is 0.0827. The molecule has 0 aromatic heterocycles. The van der Waals surface area contributed by atoms with Gasteiger partial charge in [-0.05, 0) is 47.9 Å². The molecule has 0 aliphatic rings. The van der Waals surface area contributed by atoms with Crippen LogP contribution < -0.4 is 15.5 Å². The lowest BCUT2D eigenvalue weighted by Gasteiger charge is -2.25. The molecule has 2 amide bonds. The minimum atomic E-state index is -0.599. The predicted octanol–water partition coefficient (Wildman–Crippen LogP) is 4.98. The Hall–Kier alpha value is -3.88. The quantitative estimate of drug-likeness (QED) is 0.175. The van der Waals surface area contributed by atoms with Crippen LogP contribution in [0.1, 0.15) is 31.4 Å². The number of amides is 2. The van der Waals surface area contributed by atoms with Crippen LogP contribution in [-0.4, -0.2) is 35.5 Å². The molecule has 3 aromatic carbocycles. The van der Waals surface area contributed by atoms with Gasteiger partial charge in [-0.3, -0.25) is 15.3 Å². The molecule has 2 atom stereocenters. The van der Waals surface area contributed by atoms with Gasteiger partial charge in [0.2, 0.25) is 0 Å². The van der Waals surface area contributed by atoms with Gasteiger partial charge >= 0.3 is 6.09 Å². The monoisotopic (exact) mass is 478 g/mol. The Kier molecular flexibility index (Phi) is 9.65. The smallest absolute Gasteiger partial charge is 0.412 e. The van der Waals surface area contributed by atoms with Gasteiger partial charge in [0, 0.05) is 11.5 Å². The van der Waals surface area contributed by atoms with E-state index in [0.29, 0.717) is 24.3 Å². The Morgan fingerprint density at radius 3 is 2.51 bits per heavy atom. The van der Waals surface area contributed by atoms with Gasteiger partial charge in [-0.15, -0.1) is 0 Å². The summed E-state index contributed by atoms with van der Waals surface area (Å²) in [6.07, 6.45) is 2.96. The number of aliphatic hydroxyl groups excluding tert-OH is 1. The third-order valence-electron chi connectivity index (χ3n) is 5.51. The van der Waals surface area contributed by atoms with E-state index in [1.165, 1.54) is 6.08 Å². The van der Waals surface area contributed by atoms with E-state index in [1.807, 2.05) is 61.5 Å². The lowest BCUT2D eigenvalue weighted by molar-refractivity contribution is -0.124. The van der Waals surface area contributed by atoms with Crippen molar-refractivity contribution in [1.82, 2.24) is 5.48 Å². The van der Waals surface area contributed by atoms with Crippen LogP contribution in [0.25, 0.3) is 10.8 Å². The van der Waals surface area contributed by atoms with Crippen molar-refractivity contribution >= 4 is 28.5 Å². The van der Waals surface area contributed by atoms with Crippen LogP contribution in [-0.2, 0) is 9.53 Å². The second-order valence-corrected chi connectivity index (χ2v) is 8.05. The molecular weight excluding hydrogens is 448 g/mol. The molecule has 0 saturated carbocycles. The molecule has 0 aliphatic heterocycles. The Labute approximate surface area is 204 Å². The van der Waals surface area contributed by atoms with Gasteiger partial charge < -0.3 is 14.6 Å². The molecule has 0 bridgehead atoms. The molecule has 3 rings (SSSR count). The fourth-order valence-electron chi connectivity index (χ4n) is 3.76. The highest BCUT2D eigenvalue weighted by atomic mass is 16.6. The summed E-state index contributed by atoms with van der Waals surface area (Å²) in [5.74, 6) is -0.0786. The minimum Gasteiger partial charge on any atom is -0.491 e. The topological polar surface area (TPSA) is 117 Å². The van der Waals surface area contributed by atoms with Gasteiger partial charge in [0.25, 0.3) is 5.91 Å². The summed E-state index contributed by atoms with van der Waals surface area (Å²) in [5, 5.41) is 22.3. The summed E-state index contributed by atoms with van der Waals surface area (Å²) >= 11 is 0. The number of carbonyl (C=O) groups excluding carboxylic acids is 2. The second kappa shape index (κ2) is 13.1. The van der Waals surface area contributed by atoms with Crippen molar-refractivity contribution in [3.8, 4) is 5.75 Å². The van der Waals surface area contributed by atoms with E-state index >= 15 is 0 Å². The maximum absolute atomic E-state index is 12.9. The molecule has 0 saturated heterocycles. The lowest BCUT2D eigenvalue weighted by Crippen LogP contribution is -2.22. The molecule has 0 fully saturated rings. The molecule has 8 heteroatoms. The van der Waals surface area contributed by atoms with E-state index in [9.17, 15) is 9.59 Å². The van der Waals surface area contributed by atoms with Crippen LogP contribution in [0.2, 0.25) is 0 Å². The summed E-state index contributed by atoms with van der Waals surface area (Å²) in [6.45, 7) is 2.07. The summed E-state index contributed by atoms with van der Waals surface area (Å²) in [6, 6.07) is 20.6. The third kappa shape index (κ3) is 7.56. The Balaban J connectivity index is 1.75. The van der Waals surface area contributed by atoms with Crippen molar-refractivity contribution in [2.24, 2.45) is 5.92 Å². The zero-order chi connectivity index (χ0) is 25.0. The molecule has 0 unspecified atom stereocenters. The maximum atomic E-state index is 12.9. The number of anilines is 1. The molecule has 184 valence electrons. The van der Waals surface area contributed by atoms with Crippen molar-refractivity contribution < 1.29 is 29.4 Å². The average Bonchev–Trinajstić information content (AvgIpc) is 2.89.